The van der Waals surface area contributed by atoms with E-state index in [1.807, 2.05) is 0 Å². The van der Waals surface area contributed by atoms with Gasteiger partial charge in [0.2, 0.25) is 0 Å². The summed E-state index contributed by atoms with van der Waals surface area (Å²) in [6.45, 7) is 4.66. The number of ether oxygens (including phenoxy) is 1. The van der Waals surface area contributed by atoms with Gasteiger partial charge in [0.15, 0.2) is 0 Å². The molecule has 5 heteroatoms. The zero-order valence-corrected chi connectivity index (χ0v) is 12.0. The first-order valence-corrected chi connectivity index (χ1v) is 6.93. The van der Waals surface area contributed by atoms with Crippen LogP contribution in [0.5, 0.6) is 0 Å². The Balaban J connectivity index is 2.38. The molecule has 110 valence electrons. The summed E-state index contributed by atoms with van der Waals surface area (Å²) < 4.78 is 5.08. The maximum absolute atomic E-state index is 11.8. The SMILES string of the molecule is CC(C)CCCCCOC(=O)c1ccccc1[N+](=O)[O-]. The van der Waals surface area contributed by atoms with Crippen LogP contribution in [0.2, 0.25) is 0 Å². The van der Waals surface area contributed by atoms with E-state index in [0.717, 1.165) is 25.7 Å². The number of nitro groups is 1. The van der Waals surface area contributed by atoms with Crippen molar-refractivity contribution in [1.29, 1.82) is 0 Å². The highest BCUT2D eigenvalue weighted by Crippen LogP contribution is 2.18. The Bertz CT molecular complexity index is 457. The van der Waals surface area contributed by atoms with Gasteiger partial charge in [-0.3, -0.25) is 10.1 Å². The molecule has 0 saturated carbocycles. The first-order chi connectivity index (χ1) is 9.52. The van der Waals surface area contributed by atoms with Crippen molar-refractivity contribution in [3.05, 3.63) is 39.9 Å². The molecule has 0 fully saturated rings. The van der Waals surface area contributed by atoms with Crippen LogP contribution >= 0.6 is 0 Å². The smallest absolute Gasteiger partial charge is 0.345 e. The summed E-state index contributed by atoms with van der Waals surface area (Å²) in [5.41, 5.74) is -0.197. The molecule has 20 heavy (non-hydrogen) atoms. The average molecular weight is 279 g/mol. The maximum atomic E-state index is 11.8. The fourth-order valence-electron chi connectivity index (χ4n) is 1.88. The minimum absolute atomic E-state index is 0.0136. The number of hydrogen-bond donors (Lipinski definition) is 0. The Labute approximate surface area is 119 Å². The standard InChI is InChI=1S/C15H21NO4/c1-12(2)8-4-3-7-11-20-15(17)13-9-5-6-10-14(13)16(18)19/h5-6,9-10,12H,3-4,7-8,11H2,1-2H3. The number of benzene rings is 1. The molecule has 1 rings (SSSR count). The van der Waals surface area contributed by atoms with Gasteiger partial charge in [-0.25, -0.2) is 4.79 Å². The molecule has 0 bridgehead atoms. The van der Waals surface area contributed by atoms with Gasteiger partial charge in [-0.2, -0.15) is 0 Å². The molecule has 0 heterocycles. The fraction of sp³-hybridized carbons (Fsp3) is 0.533. The summed E-state index contributed by atoms with van der Waals surface area (Å²) in [5, 5.41) is 10.8. The summed E-state index contributed by atoms with van der Waals surface area (Å²) in [6.07, 6.45) is 4.07. The predicted molar refractivity (Wildman–Crippen MR) is 76.7 cm³/mol. The molecule has 0 N–H and O–H groups in total. The maximum Gasteiger partial charge on any atom is 0.345 e. The normalized spacial score (nSPS) is 10.6. The van der Waals surface area contributed by atoms with Crippen molar-refractivity contribution in [3.8, 4) is 0 Å². The van der Waals surface area contributed by atoms with Crippen LogP contribution in [-0.2, 0) is 4.74 Å². The highest BCUT2D eigenvalue weighted by Gasteiger charge is 2.20. The van der Waals surface area contributed by atoms with Gasteiger partial charge >= 0.3 is 5.97 Å². The van der Waals surface area contributed by atoms with Crippen molar-refractivity contribution in [1.82, 2.24) is 0 Å². The number of carbonyl (C=O) groups excluding carboxylic acids is 1. The number of nitrogens with zero attached hydrogens (tertiary/aromatic N) is 1. The Morgan fingerprint density at radius 2 is 1.95 bits per heavy atom. The third-order valence-corrected chi connectivity index (χ3v) is 2.98. The van der Waals surface area contributed by atoms with Crippen LogP contribution in [0.1, 0.15) is 49.9 Å². The van der Waals surface area contributed by atoms with Crippen LogP contribution in [0, 0.1) is 16.0 Å². The van der Waals surface area contributed by atoms with E-state index in [4.69, 9.17) is 4.74 Å². The number of carbonyl (C=O) groups is 1. The Morgan fingerprint density at radius 1 is 1.25 bits per heavy atom. The number of rotatable bonds is 8. The summed E-state index contributed by atoms with van der Waals surface area (Å²) in [5.74, 6) is 0.0608. The molecule has 1 aromatic carbocycles. The van der Waals surface area contributed by atoms with E-state index in [-0.39, 0.29) is 11.3 Å². The summed E-state index contributed by atoms with van der Waals surface area (Å²) in [7, 11) is 0. The quantitative estimate of drug-likeness (QED) is 0.312. The molecule has 0 aromatic heterocycles. The molecule has 0 atom stereocenters. The second kappa shape index (κ2) is 8.30. The molecule has 0 saturated heterocycles. The first-order valence-electron chi connectivity index (χ1n) is 6.93. The minimum Gasteiger partial charge on any atom is -0.462 e. The summed E-state index contributed by atoms with van der Waals surface area (Å²) >= 11 is 0. The zero-order chi connectivity index (χ0) is 15.0. The number of hydrogen-bond acceptors (Lipinski definition) is 4. The highest BCUT2D eigenvalue weighted by atomic mass is 16.6. The van der Waals surface area contributed by atoms with E-state index in [1.165, 1.54) is 18.2 Å². The summed E-state index contributed by atoms with van der Waals surface area (Å²) in [4.78, 5) is 22.0. The van der Waals surface area contributed by atoms with Crippen molar-refractivity contribution in [3.63, 3.8) is 0 Å². The Morgan fingerprint density at radius 3 is 2.60 bits per heavy atom. The Kier molecular flexibility index (Phi) is 6.70. The van der Waals surface area contributed by atoms with Crippen LogP contribution in [0.4, 0.5) is 5.69 Å². The Hall–Kier alpha value is -1.91. The summed E-state index contributed by atoms with van der Waals surface area (Å²) in [6, 6.07) is 5.84. The van der Waals surface area contributed by atoms with E-state index in [0.29, 0.717) is 12.5 Å². The number of nitro benzene ring substituents is 1. The lowest BCUT2D eigenvalue weighted by Crippen LogP contribution is -2.09. The lowest BCUT2D eigenvalue weighted by atomic mass is 10.1. The lowest BCUT2D eigenvalue weighted by molar-refractivity contribution is -0.385. The van der Waals surface area contributed by atoms with Gasteiger partial charge in [-0.1, -0.05) is 45.2 Å². The second-order valence-corrected chi connectivity index (χ2v) is 5.15. The number of para-hydroxylation sites is 1. The first kappa shape index (κ1) is 16.1. The average Bonchev–Trinajstić information content (AvgIpc) is 2.42. The van der Waals surface area contributed by atoms with E-state index >= 15 is 0 Å². The van der Waals surface area contributed by atoms with Gasteiger partial charge in [-0.15, -0.1) is 0 Å². The lowest BCUT2D eigenvalue weighted by Gasteiger charge is -2.06. The number of unbranched alkanes of at least 4 members (excludes halogenated alkanes) is 2. The third-order valence-electron chi connectivity index (χ3n) is 2.98. The van der Waals surface area contributed by atoms with Gasteiger partial charge in [0.05, 0.1) is 11.5 Å². The predicted octanol–water partition coefficient (Wildman–Crippen LogP) is 3.97. The molecule has 0 aliphatic carbocycles. The largest absolute Gasteiger partial charge is 0.462 e. The molecule has 0 aliphatic heterocycles. The van der Waals surface area contributed by atoms with Crippen molar-refractivity contribution in [2.75, 3.05) is 6.61 Å². The minimum atomic E-state index is -0.624. The van der Waals surface area contributed by atoms with E-state index in [9.17, 15) is 14.9 Å². The number of esters is 1. The van der Waals surface area contributed by atoms with Crippen LogP contribution < -0.4 is 0 Å². The van der Waals surface area contributed by atoms with Gasteiger partial charge in [0.25, 0.3) is 5.69 Å². The molecular weight excluding hydrogens is 258 g/mol. The molecule has 1 aromatic rings. The third kappa shape index (κ3) is 5.38. The van der Waals surface area contributed by atoms with E-state index < -0.39 is 10.9 Å². The second-order valence-electron chi connectivity index (χ2n) is 5.15. The van der Waals surface area contributed by atoms with Crippen molar-refractivity contribution in [2.24, 2.45) is 5.92 Å². The van der Waals surface area contributed by atoms with Crippen LogP contribution in [-0.4, -0.2) is 17.5 Å². The van der Waals surface area contributed by atoms with Gasteiger partial charge in [-0.05, 0) is 18.4 Å². The van der Waals surface area contributed by atoms with E-state index in [1.54, 1.807) is 6.07 Å². The van der Waals surface area contributed by atoms with Crippen LogP contribution in [0.3, 0.4) is 0 Å². The molecule has 0 spiro atoms. The highest BCUT2D eigenvalue weighted by molar-refractivity contribution is 5.93. The molecular formula is C15H21NO4. The van der Waals surface area contributed by atoms with Gasteiger partial charge in [0.1, 0.15) is 5.56 Å². The molecule has 0 unspecified atom stereocenters. The van der Waals surface area contributed by atoms with Gasteiger partial charge in [0, 0.05) is 6.07 Å². The van der Waals surface area contributed by atoms with Crippen molar-refractivity contribution in [2.45, 2.75) is 39.5 Å². The van der Waals surface area contributed by atoms with Crippen LogP contribution in [0.25, 0.3) is 0 Å². The zero-order valence-electron chi connectivity index (χ0n) is 12.0. The van der Waals surface area contributed by atoms with Gasteiger partial charge < -0.3 is 4.74 Å². The van der Waals surface area contributed by atoms with E-state index in [2.05, 4.69) is 13.8 Å². The molecule has 0 amide bonds. The molecule has 0 aliphatic rings. The monoisotopic (exact) mass is 279 g/mol. The fourth-order valence-corrected chi connectivity index (χ4v) is 1.88. The molecule has 5 nitrogen and oxygen atoms in total. The van der Waals surface area contributed by atoms with Crippen molar-refractivity contribution >= 4 is 11.7 Å². The van der Waals surface area contributed by atoms with Crippen LogP contribution in [0.15, 0.2) is 24.3 Å². The molecule has 0 radical (unpaired) electrons. The van der Waals surface area contributed by atoms with Crippen molar-refractivity contribution < 1.29 is 14.5 Å². The topological polar surface area (TPSA) is 69.4 Å².